The molecule has 12 heavy (non-hydrogen) atoms. The van der Waals surface area contributed by atoms with Gasteiger partial charge in [-0.3, -0.25) is 0 Å². The van der Waals surface area contributed by atoms with E-state index in [-0.39, 0.29) is 0 Å². The normalized spacial score (nSPS) is 30.8. The molecule has 1 heterocycles. The predicted octanol–water partition coefficient (Wildman–Crippen LogP) is 2.13. The fourth-order valence-corrected chi connectivity index (χ4v) is 2.73. The van der Waals surface area contributed by atoms with Crippen LogP contribution in [0.2, 0.25) is 0 Å². The summed E-state index contributed by atoms with van der Waals surface area (Å²) in [6.45, 7) is 3.42. The first kappa shape index (κ1) is 6.67. The van der Waals surface area contributed by atoms with Gasteiger partial charge in [0.25, 0.3) is 0 Å². The lowest BCUT2D eigenvalue weighted by atomic mass is 9.97. The van der Waals surface area contributed by atoms with E-state index >= 15 is 0 Å². The van der Waals surface area contributed by atoms with Crippen molar-refractivity contribution in [2.75, 3.05) is 6.54 Å². The van der Waals surface area contributed by atoms with Crippen molar-refractivity contribution in [3.8, 4) is 0 Å². The quantitative estimate of drug-likeness (QED) is 0.611. The van der Waals surface area contributed by atoms with Crippen molar-refractivity contribution in [3.05, 3.63) is 34.9 Å². The maximum Gasteiger partial charge on any atom is 0.0332 e. The van der Waals surface area contributed by atoms with Gasteiger partial charge in [-0.05, 0) is 36.0 Å². The van der Waals surface area contributed by atoms with E-state index in [4.69, 9.17) is 0 Å². The minimum atomic E-state index is 0.672. The summed E-state index contributed by atoms with van der Waals surface area (Å²) in [6.07, 6.45) is 1.33. The van der Waals surface area contributed by atoms with Crippen LogP contribution in [0.25, 0.3) is 0 Å². The van der Waals surface area contributed by atoms with Gasteiger partial charge in [0.15, 0.2) is 0 Å². The fraction of sp³-hybridized carbons (Fsp3) is 0.455. The van der Waals surface area contributed by atoms with E-state index in [1.807, 2.05) is 0 Å². The maximum atomic E-state index is 3.55. The van der Waals surface area contributed by atoms with E-state index in [1.165, 1.54) is 18.5 Å². The average Bonchev–Trinajstić information content (AvgIpc) is 2.64. The number of hydrogen-bond acceptors (Lipinski definition) is 1. The molecule has 1 aliphatic carbocycles. The summed E-state index contributed by atoms with van der Waals surface area (Å²) >= 11 is 0. The van der Waals surface area contributed by atoms with Gasteiger partial charge in [-0.2, -0.15) is 0 Å². The molecular formula is C11H13N. The fourth-order valence-electron chi connectivity index (χ4n) is 2.73. The van der Waals surface area contributed by atoms with E-state index in [2.05, 4.69) is 30.4 Å². The maximum absolute atomic E-state index is 3.55. The monoisotopic (exact) mass is 159 g/mol. The summed E-state index contributed by atoms with van der Waals surface area (Å²) in [7, 11) is 0. The van der Waals surface area contributed by atoms with Crippen LogP contribution in [0.5, 0.6) is 0 Å². The molecule has 2 bridgehead atoms. The van der Waals surface area contributed by atoms with Crippen LogP contribution in [0.15, 0.2) is 18.2 Å². The van der Waals surface area contributed by atoms with Crippen LogP contribution in [0.3, 0.4) is 0 Å². The van der Waals surface area contributed by atoms with Crippen molar-refractivity contribution in [2.24, 2.45) is 0 Å². The summed E-state index contributed by atoms with van der Waals surface area (Å²) in [6, 6.07) is 7.38. The number of aryl methyl sites for hydroxylation is 1. The van der Waals surface area contributed by atoms with Crippen LogP contribution in [-0.4, -0.2) is 6.54 Å². The average molecular weight is 159 g/mol. The summed E-state index contributed by atoms with van der Waals surface area (Å²) in [4.78, 5) is 0. The molecule has 0 radical (unpaired) electrons. The SMILES string of the molecule is Cc1cccc2c1C1CC2CN1. The van der Waals surface area contributed by atoms with Crippen molar-refractivity contribution in [2.45, 2.75) is 25.3 Å². The molecular weight excluding hydrogens is 146 g/mol. The second-order valence-electron chi connectivity index (χ2n) is 3.97. The lowest BCUT2D eigenvalue weighted by molar-refractivity contribution is 0.646. The molecule has 1 heteroatoms. The smallest absolute Gasteiger partial charge is 0.0332 e. The highest BCUT2D eigenvalue weighted by molar-refractivity contribution is 5.45. The van der Waals surface area contributed by atoms with Crippen LogP contribution in [0.1, 0.15) is 35.1 Å². The van der Waals surface area contributed by atoms with Crippen LogP contribution in [-0.2, 0) is 0 Å². The summed E-state index contributed by atoms with van der Waals surface area (Å²) in [5.74, 6) is 0.810. The Balaban J connectivity index is 2.26. The zero-order valence-electron chi connectivity index (χ0n) is 7.30. The summed E-state index contributed by atoms with van der Waals surface area (Å²) < 4.78 is 0. The molecule has 1 aromatic carbocycles. The van der Waals surface area contributed by atoms with Crippen molar-refractivity contribution >= 4 is 0 Å². The molecule has 1 aromatic rings. The van der Waals surface area contributed by atoms with Gasteiger partial charge in [0.05, 0.1) is 0 Å². The van der Waals surface area contributed by atoms with Gasteiger partial charge in [0, 0.05) is 12.6 Å². The molecule has 0 spiro atoms. The van der Waals surface area contributed by atoms with Gasteiger partial charge < -0.3 is 5.32 Å². The molecule has 2 aliphatic rings. The number of hydrogen-bond donors (Lipinski definition) is 1. The van der Waals surface area contributed by atoms with Crippen LogP contribution in [0.4, 0.5) is 0 Å². The van der Waals surface area contributed by atoms with Crippen molar-refractivity contribution in [1.29, 1.82) is 0 Å². The molecule has 3 rings (SSSR count). The first-order chi connectivity index (χ1) is 5.86. The highest BCUT2D eigenvalue weighted by Gasteiger charge is 2.36. The molecule has 62 valence electrons. The highest BCUT2D eigenvalue weighted by atomic mass is 15.0. The second-order valence-corrected chi connectivity index (χ2v) is 3.97. The Labute approximate surface area is 72.8 Å². The number of fused-ring (bicyclic) bond motifs is 5. The molecule has 1 nitrogen and oxygen atoms in total. The topological polar surface area (TPSA) is 12.0 Å². The van der Waals surface area contributed by atoms with Gasteiger partial charge in [-0.1, -0.05) is 18.2 Å². The van der Waals surface area contributed by atoms with E-state index in [0.29, 0.717) is 6.04 Å². The lowest BCUT2D eigenvalue weighted by Crippen LogP contribution is -2.20. The largest absolute Gasteiger partial charge is 0.309 e. The van der Waals surface area contributed by atoms with Crippen LogP contribution in [0, 0.1) is 6.92 Å². The van der Waals surface area contributed by atoms with Gasteiger partial charge in [0.1, 0.15) is 0 Å². The zero-order valence-corrected chi connectivity index (χ0v) is 7.30. The molecule has 1 N–H and O–H groups in total. The lowest BCUT2D eigenvalue weighted by Gasteiger charge is -2.18. The third kappa shape index (κ3) is 0.674. The van der Waals surface area contributed by atoms with E-state index in [9.17, 15) is 0 Å². The van der Waals surface area contributed by atoms with Crippen molar-refractivity contribution in [1.82, 2.24) is 5.32 Å². The number of rotatable bonds is 0. The van der Waals surface area contributed by atoms with Crippen LogP contribution < -0.4 is 5.32 Å². The molecule has 2 unspecified atom stereocenters. The third-order valence-corrected chi connectivity index (χ3v) is 3.28. The predicted molar refractivity (Wildman–Crippen MR) is 49.3 cm³/mol. The second kappa shape index (κ2) is 2.11. The Bertz CT molecular complexity index is 330. The minimum Gasteiger partial charge on any atom is -0.309 e. The molecule has 0 aromatic heterocycles. The first-order valence-electron chi connectivity index (χ1n) is 4.69. The molecule has 0 amide bonds. The zero-order chi connectivity index (χ0) is 8.13. The molecule has 1 fully saturated rings. The third-order valence-electron chi connectivity index (χ3n) is 3.28. The van der Waals surface area contributed by atoms with Crippen molar-refractivity contribution < 1.29 is 0 Å². The van der Waals surface area contributed by atoms with E-state index in [1.54, 1.807) is 11.1 Å². The van der Waals surface area contributed by atoms with Gasteiger partial charge in [0.2, 0.25) is 0 Å². The van der Waals surface area contributed by atoms with Gasteiger partial charge >= 0.3 is 0 Å². The molecule has 0 saturated carbocycles. The standard InChI is InChI=1S/C11H13N/c1-7-3-2-4-9-8-5-10(11(7)9)12-6-8/h2-4,8,10,12H,5-6H2,1H3. The summed E-state index contributed by atoms with van der Waals surface area (Å²) in [5.41, 5.74) is 4.67. The Kier molecular flexibility index (Phi) is 1.17. The van der Waals surface area contributed by atoms with Gasteiger partial charge in [-0.25, -0.2) is 0 Å². The minimum absolute atomic E-state index is 0.672. The Morgan fingerprint density at radius 1 is 1.42 bits per heavy atom. The number of benzene rings is 1. The Morgan fingerprint density at radius 2 is 2.33 bits per heavy atom. The first-order valence-corrected chi connectivity index (χ1v) is 4.69. The Hall–Kier alpha value is -0.820. The van der Waals surface area contributed by atoms with E-state index in [0.717, 1.165) is 5.92 Å². The molecule has 1 aliphatic heterocycles. The van der Waals surface area contributed by atoms with Crippen LogP contribution >= 0.6 is 0 Å². The Morgan fingerprint density at radius 3 is 3.17 bits per heavy atom. The highest BCUT2D eigenvalue weighted by Crippen LogP contribution is 2.45. The number of nitrogens with one attached hydrogen (secondary N) is 1. The molecule has 1 saturated heterocycles. The molecule has 2 atom stereocenters. The van der Waals surface area contributed by atoms with Crippen molar-refractivity contribution in [3.63, 3.8) is 0 Å². The van der Waals surface area contributed by atoms with E-state index < -0.39 is 0 Å². The van der Waals surface area contributed by atoms with Gasteiger partial charge in [-0.15, -0.1) is 0 Å². The summed E-state index contributed by atoms with van der Waals surface area (Å²) in [5, 5.41) is 3.55.